The first-order chi connectivity index (χ1) is 12.8. The van der Waals surface area contributed by atoms with Crippen molar-refractivity contribution in [1.29, 1.82) is 0 Å². The highest BCUT2D eigenvalue weighted by Crippen LogP contribution is 2.38. The smallest absolute Gasteiger partial charge is 0.383 e. The molecule has 0 unspecified atom stereocenters. The van der Waals surface area contributed by atoms with Gasteiger partial charge in [-0.05, 0) is 65.7 Å². The van der Waals surface area contributed by atoms with Crippen molar-refractivity contribution >= 4 is 11.0 Å². The van der Waals surface area contributed by atoms with Gasteiger partial charge in [0, 0.05) is 0 Å². The first-order valence-corrected chi connectivity index (χ1v) is 9.16. The molecule has 27 heavy (non-hydrogen) atoms. The number of rotatable bonds is 8. The summed E-state index contributed by atoms with van der Waals surface area (Å²) in [5.74, 6) is -0.00694. The third kappa shape index (κ3) is 5.64. The summed E-state index contributed by atoms with van der Waals surface area (Å²) < 4.78 is 16.5. The van der Waals surface area contributed by atoms with Crippen LogP contribution >= 0.6 is 0 Å². The highest BCUT2D eigenvalue weighted by atomic mass is 16.5. The molecule has 0 saturated heterocycles. The first kappa shape index (κ1) is 20.6. The van der Waals surface area contributed by atoms with Crippen LogP contribution in [-0.2, 0) is 0 Å². The molecule has 0 saturated carbocycles. The molecule has 0 aliphatic heterocycles. The van der Waals surface area contributed by atoms with E-state index in [0.29, 0.717) is 17.7 Å². The third-order valence-electron chi connectivity index (χ3n) is 3.94. The molecule has 0 atom stereocenters. The van der Waals surface area contributed by atoms with Crippen LogP contribution in [0, 0.1) is 0 Å². The van der Waals surface area contributed by atoms with E-state index in [9.17, 15) is 9.90 Å². The molecule has 2 aromatic rings. The highest BCUT2D eigenvalue weighted by molar-refractivity contribution is 5.91. The van der Waals surface area contributed by atoms with Crippen LogP contribution in [0.4, 0.5) is 0 Å². The van der Waals surface area contributed by atoms with Crippen molar-refractivity contribution in [3.63, 3.8) is 0 Å². The van der Waals surface area contributed by atoms with Gasteiger partial charge < -0.3 is 19.0 Å². The maximum absolute atomic E-state index is 12.0. The normalized spacial score (nSPS) is 11.7. The summed E-state index contributed by atoms with van der Waals surface area (Å²) in [7, 11) is 0. The molecular formula is C22H28O5. The zero-order chi connectivity index (χ0) is 20.0. The molecular weight excluding hydrogens is 344 g/mol. The van der Waals surface area contributed by atoms with E-state index in [0.717, 1.165) is 12.8 Å². The van der Waals surface area contributed by atoms with Gasteiger partial charge in [0.1, 0.15) is 23.3 Å². The van der Waals surface area contributed by atoms with E-state index in [1.807, 2.05) is 6.08 Å². The summed E-state index contributed by atoms with van der Waals surface area (Å²) in [6.45, 7) is 10.1. The molecule has 0 bridgehead atoms. The van der Waals surface area contributed by atoms with Crippen LogP contribution in [0.1, 0.15) is 47.5 Å². The molecule has 146 valence electrons. The van der Waals surface area contributed by atoms with Crippen molar-refractivity contribution < 1.29 is 19.0 Å². The molecule has 1 heterocycles. The lowest BCUT2D eigenvalue weighted by Crippen LogP contribution is -2.13. The number of hydrogen-bond acceptors (Lipinski definition) is 5. The summed E-state index contributed by atoms with van der Waals surface area (Å²) in [5.41, 5.74) is 2.09. The van der Waals surface area contributed by atoms with Gasteiger partial charge in [-0.25, -0.2) is 4.79 Å². The van der Waals surface area contributed by atoms with E-state index in [1.165, 1.54) is 11.1 Å². The summed E-state index contributed by atoms with van der Waals surface area (Å²) in [6, 6.07) is 5.06. The molecule has 0 radical (unpaired) electrons. The number of fused-ring (bicyclic) bond motifs is 1. The Hall–Kier alpha value is -2.69. The highest BCUT2D eigenvalue weighted by Gasteiger charge is 2.19. The van der Waals surface area contributed by atoms with Crippen LogP contribution in [0.5, 0.6) is 17.2 Å². The minimum Gasteiger partial charge on any atom is -0.503 e. The molecule has 0 fully saturated rings. The van der Waals surface area contributed by atoms with Crippen LogP contribution < -0.4 is 15.1 Å². The SMILES string of the molecule is CC(C)=CCCC(C)=CCOc1cccc2oc(=O)c(OC(C)C)c(O)c12. The Balaban J connectivity index is 2.23. The van der Waals surface area contributed by atoms with E-state index >= 15 is 0 Å². The number of allylic oxidation sites excluding steroid dienone is 3. The minimum absolute atomic E-state index is 0.193. The molecule has 2 rings (SSSR count). The van der Waals surface area contributed by atoms with Gasteiger partial charge in [0.25, 0.3) is 0 Å². The van der Waals surface area contributed by atoms with Crippen molar-refractivity contribution in [3.8, 4) is 17.2 Å². The molecule has 1 aromatic heterocycles. The van der Waals surface area contributed by atoms with E-state index in [-0.39, 0.29) is 23.2 Å². The Morgan fingerprint density at radius 1 is 1.22 bits per heavy atom. The summed E-state index contributed by atoms with van der Waals surface area (Å²) in [4.78, 5) is 12.0. The van der Waals surface area contributed by atoms with Gasteiger partial charge in [-0.1, -0.05) is 23.3 Å². The third-order valence-corrected chi connectivity index (χ3v) is 3.94. The van der Waals surface area contributed by atoms with Gasteiger partial charge in [0.05, 0.1) is 6.10 Å². The largest absolute Gasteiger partial charge is 0.503 e. The van der Waals surface area contributed by atoms with Crippen molar-refractivity contribution in [3.05, 3.63) is 51.9 Å². The van der Waals surface area contributed by atoms with Crippen LogP contribution in [0.2, 0.25) is 0 Å². The lowest BCUT2D eigenvalue weighted by atomic mass is 10.1. The number of benzene rings is 1. The summed E-state index contributed by atoms with van der Waals surface area (Å²) in [5, 5.41) is 10.9. The average Bonchev–Trinajstić information content (AvgIpc) is 2.58. The van der Waals surface area contributed by atoms with Gasteiger partial charge in [0.15, 0.2) is 5.75 Å². The van der Waals surface area contributed by atoms with Crippen LogP contribution in [0.15, 0.2) is 50.7 Å². The van der Waals surface area contributed by atoms with Crippen LogP contribution in [-0.4, -0.2) is 17.8 Å². The second kappa shape index (κ2) is 9.31. The molecule has 1 aromatic carbocycles. The molecule has 0 aliphatic carbocycles. The molecule has 0 spiro atoms. The number of aromatic hydroxyl groups is 1. The second-order valence-electron chi connectivity index (χ2n) is 7.04. The quantitative estimate of drug-likeness (QED) is 0.499. The number of hydrogen-bond donors (Lipinski definition) is 1. The zero-order valence-corrected chi connectivity index (χ0v) is 16.7. The van der Waals surface area contributed by atoms with E-state index in [2.05, 4.69) is 26.8 Å². The summed E-state index contributed by atoms with van der Waals surface area (Å²) in [6.07, 6.45) is 5.92. The standard InChI is InChI=1S/C22H28O5/c1-14(2)8-6-9-16(5)12-13-25-17-10-7-11-18-19(17)20(23)21(22(24)27-18)26-15(3)4/h7-8,10-12,15,23H,6,9,13H2,1-5H3. The molecule has 5 heteroatoms. The Morgan fingerprint density at radius 2 is 1.96 bits per heavy atom. The molecule has 5 nitrogen and oxygen atoms in total. The predicted molar refractivity (Wildman–Crippen MR) is 108 cm³/mol. The second-order valence-corrected chi connectivity index (χ2v) is 7.04. The van der Waals surface area contributed by atoms with E-state index in [1.54, 1.807) is 32.0 Å². The van der Waals surface area contributed by atoms with Crippen LogP contribution in [0.25, 0.3) is 11.0 Å². The van der Waals surface area contributed by atoms with Gasteiger partial charge in [-0.3, -0.25) is 0 Å². The van der Waals surface area contributed by atoms with E-state index in [4.69, 9.17) is 13.9 Å². The Morgan fingerprint density at radius 3 is 2.63 bits per heavy atom. The van der Waals surface area contributed by atoms with Crippen molar-refractivity contribution in [2.45, 2.75) is 53.6 Å². The maximum atomic E-state index is 12.0. The average molecular weight is 372 g/mol. The van der Waals surface area contributed by atoms with Crippen molar-refractivity contribution in [1.82, 2.24) is 0 Å². The van der Waals surface area contributed by atoms with Gasteiger partial charge in [0.2, 0.25) is 5.75 Å². The van der Waals surface area contributed by atoms with E-state index < -0.39 is 5.63 Å². The molecule has 0 aliphatic rings. The fraction of sp³-hybridized carbons (Fsp3) is 0.409. The van der Waals surface area contributed by atoms with Gasteiger partial charge in [-0.2, -0.15) is 0 Å². The first-order valence-electron chi connectivity index (χ1n) is 9.16. The monoisotopic (exact) mass is 372 g/mol. The van der Waals surface area contributed by atoms with Gasteiger partial charge >= 0.3 is 5.63 Å². The minimum atomic E-state index is -0.708. The fourth-order valence-corrected chi connectivity index (χ4v) is 2.61. The maximum Gasteiger partial charge on any atom is 0.383 e. The Bertz CT molecular complexity index is 899. The zero-order valence-electron chi connectivity index (χ0n) is 16.7. The topological polar surface area (TPSA) is 68.9 Å². The van der Waals surface area contributed by atoms with Crippen molar-refractivity contribution in [2.24, 2.45) is 0 Å². The lowest BCUT2D eigenvalue weighted by Gasteiger charge is -2.13. The fourth-order valence-electron chi connectivity index (χ4n) is 2.61. The Kier molecular flexibility index (Phi) is 7.11. The lowest BCUT2D eigenvalue weighted by molar-refractivity contribution is 0.221. The molecule has 1 N–H and O–H groups in total. The summed E-state index contributed by atoms with van der Waals surface area (Å²) >= 11 is 0. The number of ether oxygens (including phenoxy) is 2. The predicted octanol–water partition coefficient (Wildman–Crippen LogP) is 5.36. The van der Waals surface area contributed by atoms with Crippen LogP contribution in [0.3, 0.4) is 0 Å². The van der Waals surface area contributed by atoms with Crippen molar-refractivity contribution in [2.75, 3.05) is 6.61 Å². The Labute approximate surface area is 159 Å². The molecule has 0 amide bonds. The van der Waals surface area contributed by atoms with Gasteiger partial charge in [-0.15, -0.1) is 0 Å².